The van der Waals surface area contributed by atoms with Crippen molar-refractivity contribution in [3.63, 3.8) is 0 Å². The van der Waals surface area contributed by atoms with E-state index in [1.165, 1.54) is 12.3 Å². The van der Waals surface area contributed by atoms with Crippen LogP contribution in [-0.2, 0) is 0 Å². The fourth-order valence-corrected chi connectivity index (χ4v) is 2.67. The SMILES string of the molecule is Oc1c(Br)cc(Br)cc1C=Nc1ccc(F)cc1F. The third-order valence-electron chi connectivity index (χ3n) is 2.31. The van der Waals surface area contributed by atoms with Crippen molar-refractivity contribution in [3.05, 3.63) is 56.5 Å². The molecule has 0 radical (unpaired) electrons. The van der Waals surface area contributed by atoms with Crippen LogP contribution in [-0.4, -0.2) is 11.3 Å². The number of benzene rings is 2. The zero-order chi connectivity index (χ0) is 14.0. The second kappa shape index (κ2) is 5.79. The van der Waals surface area contributed by atoms with E-state index in [1.54, 1.807) is 12.1 Å². The lowest BCUT2D eigenvalue weighted by Crippen LogP contribution is -1.85. The van der Waals surface area contributed by atoms with Gasteiger partial charge in [-0.2, -0.15) is 0 Å². The standard InChI is InChI=1S/C13H7Br2F2NO/c14-8-3-7(13(19)10(15)4-8)6-18-12-2-1-9(16)5-11(12)17/h1-6,19H. The number of nitrogens with zero attached hydrogens (tertiary/aromatic N) is 1. The summed E-state index contributed by atoms with van der Waals surface area (Å²) in [6, 6.07) is 6.40. The molecule has 0 bridgehead atoms. The van der Waals surface area contributed by atoms with Crippen LogP contribution in [0.15, 0.2) is 44.3 Å². The van der Waals surface area contributed by atoms with Crippen molar-refractivity contribution < 1.29 is 13.9 Å². The van der Waals surface area contributed by atoms with E-state index in [4.69, 9.17) is 0 Å². The Kier molecular flexibility index (Phi) is 4.31. The first kappa shape index (κ1) is 14.1. The van der Waals surface area contributed by atoms with Crippen molar-refractivity contribution in [2.24, 2.45) is 4.99 Å². The minimum absolute atomic E-state index is 0.00287. The molecule has 98 valence electrons. The predicted molar refractivity (Wildman–Crippen MR) is 77.1 cm³/mol. The molecule has 0 aliphatic carbocycles. The highest BCUT2D eigenvalue weighted by molar-refractivity contribution is 9.11. The number of phenols is 1. The summed E-state index contributed by atoms with van der Waals surface area (Å²) < 4.78 is 27.3. The summed E-state index contributed by atoms with van der Waals surface area (Å²) in [6.07, 6.45) is 1.31. The largest absolute Gasteiger partial charge is 0.506 e. The average molecular weight is 391 g/mol. The monoisotopic (exact) mass is 389 g/mol. The van der Waals surface area contributed by atoms with Gasteiger partial charge in [0.15, 0.2) is 5.82 Å². The van der Waals surface area contributed by atoms with Gasteiger partial charge in [-0.1, -0.05) is 15.9 Å². The minimum Gasteiger partial charge on any atom is -0.506 e. The van der Waals surface area contributed by atoms with E-state index in [0.717, 1.165) is 16.6 Å². The summed E-state index contributed by atoms with van der Waals surface area (Å²) in [5.74, 6) is -1.43. The zero-order valence-electron chi connectivity index (χ0n) is 9.37. The van der Waals surface area contributed by atoms with E-state index in [9.17, 15) is 13.9 Å². The molecule has 19 heavy (non-hydrogen) atoms. The summed E-state index contributed by atoms with van der Waals surface area (Å²) in [4.78, 5) is 3.89. The number of hydrogen-bond acceptors (Lipinski definition) is 2. The van der Waals surface area contributed by atoms with E-state index >= 15 is 0 Å². The zero-order valence-corrected chi connectivity index (χ0v) is 12.5. The molecular formula is C13H7Br2F2NO. The first-order valence-corrected chi connectivity index (χ1v) is 6.73. The Morgan fingerprint density at radius 2 is 1.84 bits per heavy atom. The molecule has 2 nitrogen and oxygen atoms in total. The molecule has 0 aliphatic rings. The Bertz CT molecular complexity index is 659. The molecule has 0 unspecified atom stereocenters. The molecule has 0 aliphatic heterocycles. The molecule has 0 heterocycles. The van der Waals surface area contributed by atoms with Gasteiger partial charge in [-0.05, 0) is 40.2 Å². The summed E-state index contributed by atoms with van der Waals surface area (Å²) in [5, 5.41) is 9.80. The van der Waals surface area contributed by atoms with Crippen molar-refractivity contribution in [1.29, 1.82) is 0 Å². The summed E-state index contributed by atoms with van der Waals surface area (Å²) in [5.41, 5.74) is 0.405. The van der Waals surface area contributed by atoms with Gasteiger partial charge in [0.2, 0.25) is 0 Å². The number of aromatic hydroxyl groups is 1. The first-order chi connectivity index (χ1) is 8.97. The van der Waals surface area contributed by atoms with E-state index < -0.39 is 11.6 Å². The number of phenolic OH excluding ortho intramolecular Hbond substituents is 1. The smallest absolute Gasteiger partial charge is 0.151 e. The van der Waals surface area contributed by atoms with E-state index in [1.807, 2.05) is 0 Å². The average Bonchev–Trinajstić information content (AvgIpc) is 2.33. The van der Waals surface area contributed by atoms with Crippen molar-refractivity contribution in [2.75, 3.05) is 0 Å². The maximum Gasteiger partial charge on any atom is 0.151 e. The Balaban J connectivity index is 2.38. The molecule has 6 heteroatoms. The summed E-state index contributed by atoms with van der Waals surface area (Å²) in [7, 11) is 0. The molecule has 0 saturated carbocycles. The number of halogens is 4. The molecule has 2 rings (SSSR count). The highest BCUT2D eigenvalue weighted by Crippen LogP contribution is 2.31. The summed E-state index contributed by atoms with van der Waals surface area (Å²) >= 11 is 6.45. The number of rotatable bonds is 2. The Hall–Kier alpha value is -1.27. The maximum atomic E-state index is 13.4. The van der Waals surface area contributed by atoms with Gasteiger partial charge < -0.3 is 5.11 Å². The van der Waals surface area contributed by atoms with Gasteiger partial charge in [0, 0.05) is 22.3 Å². The highest BCUT2D eigenvalue weighted by atomic mass is 79.9. The summed E-state index contributed by atoms with van der Waals surface area (Å²) in [6.45, 7) is 0. The number of hydrogen-bond donors (Lipinski definition) is 1. The van der Waals surface area contributed by atoms with Crippen molar-refractivity contribution in [2.45, 2.75) is 0 Å². The second-order valence-corrected chi connectivity index (χ2v) is 5.45. The maximum absolute atomic E-state index is 13.4. The first-order valence-electron chi connectivity index (χ1n) is 5.14. The van der Waals surface area contributed by atoms with Crippen LogP contribution in [0.5, 0.6) is 5.75 Å². The van der Waals surface area contributed by atoms with Gasteiger partial charge in [0.05, 0.1) is 10.2 Å². The lowest BCUT2D eigenvalue weighted by molar-refractivity contribution is 0.471. The van der Waals surface area contributed by atoms with E-state index in [2.05, 4.69) is 36.9 Å². The van der Waals surface area contributed by atoms with E-state index in [-0.39, 0.29) is 11.4 Å². The van der Waals surface area contributed by atoms with Crippen LogP contribution in [0, 0.1) is 11.6 Å². The van der Waals surface area contributed by atoms with Crippen molar-refractivity contribution >= 4 is 43.8 Å². The molecule has 0 saturated heterocycles. The molecular weight excluding hydrogens is 384 g/mol. The van der Waals surface area contributed by atoms with Crippen LogP contribution in [0.1, 0.15) is 5.56 Å². The number of aliphatic imine (C=N–C) groups is 1. The molecule has 2 aromatic carbocycles. The van der Waals surface area contributed by atoms with Crippen LogP contribution < -0.4 is 0 Å². The minimum atomic E-state index is -0.759. The molecule has 0 fully saturated rings. The molecule has 2 aromatic rings. The Morgan fingerprint density at radius 3 is 2.53 bits per heavy atom. The topological polar surface area (TPSA) is 32.6 Å². The van der Waals surface area contributed by atoms with Gasteiger partial charge in [-0.25, -0.2) is 8.78 Å². The van der Waals surface area contributed by atoms with Crippen LogP contribution >= 0.6 is 31.9 Å². The van der Waals surface area contributed by atoms with Crippen molar-refractivity contribution in [3.8, 4) is 5.75 Å². The molecule has 1 N–H and O–H groups in total. The van der Waals surface area contributed by atoms with Gasteiger partial charge in [-0.15, -0.1) is 0 Å². The fraction of sp³-hybridized carbons (Fsp3) is 0. The third kappa shape index (κ3) is 3.39. The lowest BCUT2D eigenvalue weighted by atomic mass is 10.2. The van der Waals surface area contributed by atoms with Gasteiger partial charge >= 0.3 is 0 Å². The lowest BCUT2D eigenvalue weighted by Gasteiger charge is -2.03. The quantitative estimate of drug-likeness (QED) is 0.723. The highest BCUT2D eigenvalue weighted by Gasteiger charge is 2.06. The molecule has 0 amide bonds. The third-order valence-corrected chi connectivity index (χ3v) is 3.37. The Labute approximate surface area is 125 Å². The Morgan fingerprint density at radius 1 is 1.11 bits per heavy atom. The molecule has 0 spiro atoms. The fourth-order valence-electron chi connectivity index (χ4n) is 1.41. The normalized spacial score (nSPS) is 11.2. The van der Waals surface area contributed by atoms with Crippen molar-refractivity contribution in [1.82, 2.24) is 0 Å². The van der Waals surface area contributed by atoms with Gasteiger partial charge in [0.1, 0.15) is 11.6 Å². The van der Waals surface area contributed by atoms with Gasteiger partial charge in [-0.3, -0.25) is 4.99 Å². The van der Waals surface area contributed by atoms with Crippen LogP contribution in [0.4, 0.5) is 14.5 Å². The van der Waals surface area contributed by atoms with Crippen LogP contribution in [0.3, 0.4) is 0 Å². The van der Waals surface area contributed by atoms with Gasteiger partial charge in [0.25, 0.3) is 0 Å². The predicted octanol–water partition coefficient (Wildman–Crippen LogP) is 4.95. The second-order valence-electron chi connectivity index (χ2n) is 3.68. The van der Waals surface area contributed by atoms with Crippen LogP contribution in [0.2, 0.25) is 0 Å². The molecule has 0 aromatic heterocycles. The van der Waals surface area contributed by atoms with Crippen LogP contribution in [0.25, 0.3) is 0 Å². The van der Waals surface area contributed by atoms with E-state index in [0.29, 0.717) is 10.0 Å². The molecule has 0 atom stereocenters.